The molecule has 3 rings (SSSR count). The van der Waals surface area contributed by atoms with E-state index in [4.69, 9.17) is 0 Å². The Kier molecular flexibility index (Phi) is 6.09. The van der Waals surface area contributed by atoms with Gasteiger partial charge in [0.15, 0.2) is 16.8 Å². The lowest BCUT2D eigenvalue weighted by molar-refractivity contribution is 0.102. The number of Topliss-reactive ketones (excluding diaryl/α,β-unsaturated/α-hetero) is 1. The van der Waals surface area contributed by atoms with E-state index in [1.807, 2.05) is 60.0 Å². The van der Waals surface area contributed by atoms with Crippen molar-refractivity contribution >= 4 is 49.4 Å². The van der Waals surface area contributed by atoms with Gasteiger partial charge in [-0.05, 0) is 31.2 Å². The van der Waals surface area contributed by atoms with Crippen LogP contribution in [0, 0.1) is 0 Å². The first-order valence-electron chi connectivity index (χ1n) is 7.69. The van der Waals surface area contributed by atoms with Gasteiger partial charge in [-0.3, -0.25) is 4.79 Å². The van der Waals surface area contributed by atoms with Crippen LogP contribution in [0.1, 0.15) is 17.3 Å². The van der Waals surface area contributed by atoms with Crippen LogP contribution in [0.5, 0.6) is 0 Å². The highest BCUT2D eigenvalue weighted by atomic mass is 79.9. The third-order valence-corrected chi connectivity index (χ3v) is 5.66. The first-order chi connectivity index (χ1) is 12.1. The zero-order valence-electron chi connectivity index (χ0n) is 13.4. The van der Waals surface area contributed by atoms with E-state index in [1.54, 1.807) is 0 Å². The number of aromatic nitrogens is 3. The molecule has 0 fully saturated rings. The number of halogens is 2. The van der Waals surface area contributed by atoms with Crippen molar-refractivity contribution in [2.45, 2.75) is 18.6 Å². The molecule has 0 aliphatic rings. The highest BCUT2D eigenvalue weighted by Crippen LogP contribution is 2.25. The van der Waals surface area contributed by atoms with Gasteiger partial charge in [-0.1, -0.05) is 67.9 Å². The quantitative estimate of drug-likeness (QED) is 0.347. The second-order valence-corrected chi connectivity index (χ2v) is 8.05. The lowest BCUT2D eigenvalue weighted by Crippen LogP contribution is -2.05. The molecule has 0 atom stereocenters. The van der Waals surface area contributed by atoms with E-state index in [1.165, 1.54) is 11.8 Å². The number of benzene rings is 2. The highest BCUT2D eigenvalue weighted by Gasteiger charge is 2.15. The molecule has 0 spiro atoms. The van der Waals surface area contributed by atoms with Crippen LogP contribution < -0.4 is 0 Å². The van der Waals surface area contributed by atoms with E-state index in [0.717, 1.165) is 32.0 Å². The van der Waals surface area contributed by atoms with Crippen molar-refractivity contribution in [1.82, 2.24) is 14.8 Å². The first-order valence-corrected chi connectivity index (χ1v) is 10.3. The summed E-state index contributed by atoms with van der Waals surface area (Å²) in [5.41, 5.74) is 1.70. The van der Waals surface area contributed by atoms with Crippen LogP contribution in [0.4, 0.5) is 0 Å². The summed E-state index contributed by atoms with van der Waals surface area (Å²) < 4.78 is 4.01. The normalized spacial score (nSPS) is 10.8. The molecule has 0 unspecified atom stereocenters. The molecule has 0 saturated carbocycles. The average Bonchev–Trinajstić information content (AvgIpc) is 3.04. The molecule has 0 radical (unpaired) electrons. The Hall–Kier alpha value is -1.44. The zero-order chi connectivity index (χ0) is 17.8. The predicted molar refractivity (Wildman–Crippen MR) is 108 cm³/mol. The summed E-state index contributed by atoms with van der Waals surface area (Å²) in [5, 5.41) is 9.33. The van der Waals surface area contributed by atoms with Crippen molar-refractivity contribution in [2.75, 3.05) is 5.75 Å². The third kappa shape index (κ3) is 4.40. The predicted octanol–water partition coefficient (Wildman–Crippen LogP) is 5.47. The maximum absolute atomic E-state index is 12.3. The molecule has 3 aromatic rings. The first kappa shape index (κ1) is 18.4. The number of carbonyl (C=O) groups is 1. The minimum atomic E-state index is 0.0772. The monoisotopic (exact) mass is 479 g/mol. The molecule has 4 nitrogen and oxygen atoms in total. The molecule has 1 heterocycles. The van der Waals surface area contributed by atoms with Crippen molar-refractivity contribution in [1.29, 1.82) is 0 Å². The molecule has 2 aromatic carbocycles. The third-order valence-electron chi connectivity index (χ3n) is 3.63. The SMILES string of the molecule is CCn1c(SCC(=O)c2ccc(Br)cc2)nnc1-c1ccc(Br)cc1. The molecular weight excluding hydrogens is 466 g/mol. The number of nitrogens with zero attached hydrogens (tertiary/aromatic N) is 3. The number of carbonyl (C=O) groups excluding carboxylic acids is 1. The van der Waals surface area contributed by atoms with Crippen LogP contribution in [0.15, 0.2) is 62.6 Å². The van der Waals surface area contributed by atoms with Gasteiger partial charge < -0.3 is 4.57 Å². The summed E-state index contributed by atoms with van der Waals surface area (Å²) in [6.45, 7) is 2.79. The second kappa shape index (κ2) is 8.29. The van der Waals surface area contributed by atoms with Gasteiger partial charge in [0, 0.05) is 26.6 Å². The fourth-order valence-corrected chi connectivity index (χ4v) is 3.77. The fraction of sp³-hybridized carbons (Fsp3) is 0.167. The van der Waals surface area contributed by atoms with Gasteiger partial charge in [0.25, 0.3) is 0 Å². The van der Waals surface area contributed by atoms with Crippen LogP contribution in [-0.2, 0) is 6.54 Å². The molecule has 0 N–H and O–H groups in total. The largest absolute Gasteiger partial charge is 0.302 e. The number of ketones is 1. The number of hydrogen-bond acceptors (Lipinski definition) is 4. The highest BCUT2D eigenvalue weighted by molar-refractivity contribution is 9.10. The van der Waals surface area contributed by atoms with E-state index in [-0.39, 0.29) is 5.78 Å². The smallest absolute Gasteiger partial charge is 0.191 e. The van der Waals surface area contributed by atoms with E-state index < -0.39 is 0 Å². The minimum Gasteiger partial charge on any atom is -0.302 e. The topological polar surface area (TPSA) is 47.8 Å². The molecule has 7 heteroatoms. The van der Waals surface area contributed by atoms with Gasteiger partial charge in [-0.25, -0.2) is 0 Å². The average molecular weight is 481 g/mol. The number of rotatable bonds is 6. The molecule has 0 bridgehead atoms. The van der Waals surface area contributed by atoms with E-state index in [2.05, 4.69) is 42.1 Å². The van der Waals surface area contributed by atoms with Crippen molar-refractivity contribution < 1.29 is 4.79 Å². The number of thioether (sulfide) groups is 1. The summed E-state index contributed by atoms with van der Waals surface area (Å²) in [5.74, 6) is 1.22. The Morgan fingerprint density at radius 1 is 1.00 bits per heavy atom. The van der Waals surface area contributed by atoms with Gasteiger partial charge in [-0.2, -0.15) is 0 Å². The molecule has 0 aliphatic carbocycles. The van der Waals surface area contributed by atoms with Gasteiger partial charge in [0.1, 0.15) is 0 Å². The van der Waals surface area contributed by atoms with Crippen molar-refractivity contribution in [3.63, 3.8) is 0 Å². The molecule has 25 heavy (non-hydrogen) atoms. The lowest BCUT2D eigenvalue weighted by atomic mass is 10.2. The molecule has 1 aromatic heterocycles. The van der Waals surface area contributed by atoms with Gasteiger partial charge >= 0.3 is 0 Å². The Balaban J connectivity index is 1.76. The maximum atomic E-state index is 12.3. The molecular formula is C18H15Br2N3OS. The van der Waals surface area contributed by atoms with Crippen LogP contribution >= 0.6 is 43.6 Å². The van der Waals surface area contributed by atoms with Crippen molar-refractivity contribution in [2.24, 2.45) is 0 Å². The molecule has 0 aliphatic heterocycles. The standard InChI is InChI=1S/C18H15Br2N3OS/c1-2-23-17(13-5-9-15(20)10-6-13)21-22-18(23)25-11-16(24)12-3-7-14(19)8-4-12/h3-10H,2,11H2,1H3. The fourth-order valence-electron chi connectivity index (χ4n) is 2.34. The maximum Gasteiger partial charge on any atom is 0.191 e. The summed E-state index contributed by atoms with van der Waals surface area (Å²) in [4.78, 5) is 12.3. The zero-order valence-corrected chi connectivity index (χ0v) is 17.4. The van der Waals surface area contributed by atoms with Gasteiger partial charge in [0.05, 0.1) is 5.75 Å². The number of hydrogen-bond donors (Lipinski definition) is 0. The van der Waals surface area contributed by atoms with Gasteiger partial charge in [-0.15, -0.1) is 10.2 Å². The molecule has 0 amide bonds. The van der Waals surface area contributed by atoms with Crippen LogP contribution in [-0.4, -0.2) is 26.3 Å². The second-order valence-electron chi connectivity index (χ2n) is 5.28. The Bertz CT molecular complexity index is 876. The molecule has 128 valence electrons. The van der Waals surface area contributed by atoms with Crippen molar-refractivity contribution in [3.8, 4) is 11.4 Å². The Morgan fingerprint density at radius 3 is 2.20 bits per heavy atom. The summed E-state index contributed by atoms with van der Waals surface area (Å²) in [6.07, 6.45) is 0. The summed E-state index contributed by atoms with van der Waals surface area (Å²) in [6, 6.07) is 15.4. The van der Waals surface area contributed by atoms with Crippen LogP contribution in [0.25, 0.3) is 11.4 Å². The van der Waals surface area contributed by atoms with Crippen molar-refractivity contribution in [3.05, 3.63) is 63.0 Å². The van der Waals surface area contributed by atoms with Gasteiger partial charge in [0.2, 0.25) is 0 Å². The van der Waals surface area contributed by atoms with E-state index in [0.29, 0.717) is 11.3 Å². The Morgan fingerprint density at radius 2 is 1.60 bits per heavy atom. The Labute approximate surface area is 167 Å². The molecule has 0 saturated heterocycles. The minimum absolute atomic E-state index is 0.0772. The summed E-state index contributed by atoms with van der Waals surface area (Å²) >= 11 is 8.23. The van der Waals surface area contributed by atoms with E-state index in [9.17, 15) is 4.79 Å². The van der Waals surface area contributed by atoms with Crippen LogP contribution in [0.2, 0.25) is 0 Å². The van der Waals surface area contributed by atoms with Crippen LogP contribution in [0.3, 0.4) is 0 Å². The summed E-state index contributed by atoms with van der Waals surface area (Å²) in [7, 11) is 0. The van der Waals surface area contributed by atoms with E-state index >= 15 is 0 Å². The lowest BCUT2D eigenvalue weighted by Gasteiger charge is -2.07.